The molecule has 1 aliphatic carbocycles. The number of hydrogen-bond donors (Lipinski definition) is 1. The molecule has 1 aromatic carbocycles. The molecule has 5 heteroatoms. The van der Waals surface area contributed by atoms with Gasteiger partial charge in [0, 0.05) is 11.9 Å². The summed E-state index contributed by atoms with van der Waals surface area (Å²) in [7, 11) is 0. The number of fused-ring (bicyclic) bond motifs is 3. The molecule has 5 nitrogen and oxygen atoms in total. The molecule has 2 aliphatic heterocycles. The van der Waals surface area contributed by atoms with Crippen LogP contribution in [0.3, 0.4) is 0 Å². The molecule has 5 unspecified atom stereocenters. The summed E-state index contributed by atoms with van der Waals surface area (Å²) in [5.74, 6) is -3.07. The molecule has 1 fully saturated rings. The van der Waals surface area contributed by atoms with E-state index < -0.39 is 30.0 Å². The highest BCUT2D eigenvalue weighted by atomic mass is 16.5. The minimum Gasteiger partial charge on any atom is -0.550 e. The molecule has 23 heavy (non-hydrogen) atoms. The van der Waals surface area contributed by atoms with Crippen molar-refractivity contribution in [2.24, 2.45) is 11.8 Å². The first-order valence-corrected chi connectivity index (χ1v) is 8.08. The van der Waals surface area contributed by atoms with E-state index >= 15 is 0 Å². The lowest BCUT2D eigenvalue weighted by Gasteiger charge is -2.30. The maximum Gasteiger partial charge on any atom is 0.227 e. The summed E-state index contributed by atoms with van der Waals surface area (Å²) >= 11 is 0. The molecule has 3 aliphatic rings. The Labute approximate surface area is 134 Å². The molecular weight excluding hydrogens is 294 g/mol. The van der Waals surface area contributed by atoms with Crippen LogP contribution in [0.1, 0.15) is 30.0 Å². The van der Waals surface area contributed by atoms with Crippen molar-refractivity contribution in [3.8, 4) is 0 Å². The number of nitrogens with one attached hydrogen (secondary N) is 1. The van der Waals surface area contributed by atoms with Gasteiger partial charge in [-0.3, -0.25) is 4.79 Å². The van der Waals surface area contributed by atoms with Crippen molar-refractivity contribution in [2.75, 3.05) is 0 Å². The van der Waals surface area contributed by atoms with Crippen LogP contribution in [0.4, 0.5) is 0 Å². The Kier molecular flexibility index (Phi) is 3.45. The molecule has 1 saturated heterocycles. The van der Waals surface area contributed by atoms with Gasteiger partial charge in [-0.25, -0.2) is 0 Å². The molecule has 120 valence electrons. The highest BCUT2D eigenvalue weighted by molar-refractivity contribution is 5.87. The normalized spacial score (nSPS) is 34.2. The van der Waals surface area contributed by atoms with Gasteiger partial charge < -0.3 is 20.0 Å². The Hall–Kier alpha value is -2.14. The SMILES string of the molecule is O=C([O-])C1C2C=CC(O2)C1C(=O)NC1CCCc2ccccc21. The van der Waals surface area contributed by atoms with Crippen molar-refractivity contribution in [1.82, 2.24) is 5.32 Å². The predicted molar refractivity (Wildman–Crippen MR) is 80.1 cm³/mol. The second kappa shape index (κ2) is 5.49. The van der Waals surface area contributed by atoms with E-state index in [0.29, 0.717) is 0 Å². The van der Waals surface area contributed by atoms with Gasteiger partial charge in [-0.2, -0.15) is 0 Å². The predicted octanol–water partition coefficient (Wildman–Crippen LogP) is 0.500. The van der Waals surface area contributed by atoms with Crippen LogP contribution in [0.5, 0.6) is 0 Å². The summed E-state index contributed by atoms with van der Waals surface area (Å²) in [5, 5.41) is 14.4. The van der Waals surface area contributed by atoms with E-state index in [2.05, 4.69) is 11.4 Å². The van der Waals surface area contributed by atoms with Gasteiger partial charge in [-0.1, -0.05) is 36.4 Å². The van der Waals surface area contributed by atoms with Crippen LogP contribution in [0.15, 0.2) is 36.4 Å². The average Bonchev–Trinajstić information content (AvgIpc) is 3.16. The molecule has 0 spiro atoms. The quantitative estimate of drug-likeness (QED) is 0.825. The van der Waals surface area contributed by atoms with Gasteiger partial charge in [0.05, 0.1) is 24.2 Å². The third-order valence-electron chi connectivity index (χ3n) is 5.16. The Balaban J connectivity index is 1.55. The minimum atomic E-state index is -1.22. The van der Waals surface area contributed by atoms with Crippen LogP contribution in [0.2, 0.25) is 0 Å². The number of carbonyl (C=O) groups excluding carboxylic acids is 2. The summed E-state index contributed by atoms with van der Waals surface area (Å²) in [6.07, 6.45) is 5.40. The largest absolute Gasteiger partial charge is 0.550 e. The van der Waals surface area contributed by atoms with E-state index in [1.807, 2.05) is 18.2 Å². The lowest BCUT2D eigenvalue weighted by molar-refractivity contribution is -0.313. The third-order valence-corrected chi connectivity index (χ3v) is 5.16. The molecule has 2 heterocycles. The number of aliphatic carboxylic acids is 1. The number of aryl methyl sites for hydroxylation is 1. The number of carboxylic acid groups (broad SMARTS) is 1. The van der Waals surface area contributed by atoms with Crippen LogP contribution in [-0.2, 0) is 20.7 Å². The van der Waals surface area contributed by atoms with Crippen molar-refractivity contribution < 1.29 is 19.4 Å². The maximum atomic E-state index is 12.7. The average molecular weight is 312 g/mol. The van der Waals surface area contributed by atoms with Crippen molar-refractivity contribution in [3.05, 3.63) is 47.5 Å². The smallest absolute Gasteiger partial charge is 0.227 e. The van der Waals surface area contributed by atoms with Gasteiger partial charge in [-0.05, 0) is 30.4 Å². The summed E-state index contributed by atoms with van der Waals surface area (Å²) < 4.78 is 5.55. The van der Waals surface area contributed by atoms with Gasteiger partial charge in [0.2, 0.25) is 5.91 Å². The van der Waals surface area contributed by atoms with Crippen LogP contribution in [0.25, 0.3) is 0 Å². The molecule has 0 radical (unpaired) electrons. The zero-order chi connectivity index (χ0) is 16.0. The summed E-state index contributed by atoms with van der Waals surface area (Å²) in [4.78, 5) is 24.1. The Morgan fingerprint density at radius 2 is 1.87 bits per heavy atom. The first-order valence-electron chi connectivity index (χ1n) is 8.08. The number of carbonyl (C=O) groups is 2. The van der Waals surface area contributed by atoms with Gasteiger partial charge in [-0.15, -0.1) is 0 Å². The van der Waals surface area contributed by atoms with Crippen molar-refractivity contribution >= 4 is 11.9 Å². The Morgan fingerprint density at radius 3 is 2.65 bits per heavy atom. The molecule has 0 saturated carbocycles. The van der Waals surface area contributed by atoms with E-state index in [1.165, 1.54) is 5.56 Å². The zero-order valence-electron chi connectivity index (χ0n) is 12.6. The minimum absolute atomic E-state index is 0.0574. The van der Waals surface area contributed by atoms with Gasteiger partial charge in [0.1, 0.15) is 0 Å². The number of benzene rings is 1. The van der Waals surface area contributed by atoms with Gasteiger partial charge >= 0.3 is 0 Å². The monoisotopic (exact) mass is 312 g/mol. The molecule has 1 N–H and O–H groups in total. The van der Waals surface area contributed by atoms with Crippen molar-refractivity contribution in [3.63, 3.8) is 0 Å². The molecule has 5 atom stereocenters. The number of amides is 1. The van der Waals surface area contributed by atoms with Crippen LogP contribution in [-0.4, -0.2) is 24.1 Å². The third kappa shape index (κ3) is 2.36. The van der Waals surface area contributed by atoms with Crippen molar-refractivity contribution in [2.45, 2.75) is 37.5 Å². The summed E-state index contributed by atoms with van der Waals surface area (Å²) in [6.45, 7) is 0. The lowest BCUT2D eigenvalue weighted by Crippen LogP contribution is -2.47. The molecule has 1 aromatic rings. The fourth-order valence-electron chi connectivity index (χ4n) is 4.07. The van der Waals surface area contributed by atoms with E-state index in [0.717, 1.165) is 24.8 Å². The highest BCUT2D eigenvalue weighted by Crippen LogP contribution is 2.40. The topological polar surface area (TPSA) is 78.5 Å². The first-order chi connectivity index (χ1) is 11.1. The number of hydrogen-bond acceptors (Lipinski definition) is 4. The van der Waals surface area contributed by atoms with Gasteiger partial charge in [0.25, 0.3) is 0 Å². The summed E-state index contributed by atoms with van der Waals surface area (Å²) in [5.41, 5.74) is 2.39. The van der Waals surface area contributed by atoms with Crippen LogP contribution < -0.4 is 10.4 Å². The van der Waals surface area contributed by atoms with E-state index in [1.54, 1.807) is 12.2 Å². The van der Waals surface area contributed by atoms with E-state index in [9.17, 15) is 14.7 Å². The maximum absolute atomic E-state index is 12.7. The lowest BCUT2D eigenvalue weighted by atomic mass is 9.81. The van der Waals surface area contributed by atoms with Crippen LogP contribution in [0, 0.1) is 11.8 Å². The standard InChI is InChI=1S/C18H19NO4/c20-17(15-13-8-9-14(23-13)16(15)18(21)22)19-12-7-3-5-10-4-1-2-6-11(10)12/h1-2,4,6,8-9,12-16H,3,5,7H2,(H,19,20)(H,21,22)/p-1. The second-order valence-corrected chi connectivity index (χ2v) is 6.47. The molecule has 1 amide bonds. The van der Waals surface area contributed by atoms with Crippen LogP contribution >= 0.6 is 0 Å². The molecule has 2 bridgehead atoms. The highest BCUT2D eigenvalue weighted by Gasteiger charge is 2.50. The van der Waals surface area contributed by atoms with Gasteiger partial charge in [0.15, 0.2) is 0 Å². The zero-order valence-corrected chi connectivity index (χ0v) is 12.6. The Bertz CT molecular complexity index is 683. The number of rotatable bonds is 3. The fourth-order valence-corrected chi connectivity index (χ4v) is 4.07. The number of ether oxygens (including phenoxy) is 1. The molecule has 0 aromatic heterocycles. The summed E-state index contributed by atoms with van der Waals surface area (Å²) in [6, 6.07) is 8.03. The molecular formula is C18H18NO4-. The molecule has 4 rings (SSSR count). The van der Waals surface area contributed by atoms with E-state index in [4.69, 9.17) is 4.74 Å². The Morgan fingerprint density at radius 1 is 1.13 bits per heavy atom. The van der Waals surface area contributed by atoms with Crippen molar-refractivity contribution in [1.29, 1.82) is 0 Å². The van der Waals surface area contributed by atoms with E-state index in [-0.39, 0.29) is 11.9 Å². The number of carboxylic acids is 1. The second-order valence-electron chi connectivity index (χ2n) is 6.47. The fraction of sp³-hybridized carbons (Fsp3) is 0.444. The first kappa shape index (κ1) is 14.5.